The first kappa shape index (κ1) is 12.6. The van der Waals surface area contributed by atoms with Gasteiger partial charge in [0.1, 0.15) is 5.82 Å². The molecule has 0 radical (unpaired) electrons. The zero-order chi connectivity index (χ0) is 12.1. The Bertz CT molecular complexity index is 332. The van der Waals surface area contributed by atoms with Gasteiger partial charge in [0.2, 0.25) is 0 Å². The predicted molar refractivity (Wildman–Crippen MR) is 71.1 cm³/mol. The van der Waals surface area contributed by atoms with Gasteiger partial charge in [0.05, 0.1) is 0 Å². The lowest BCUT2D eigenvalue weighted by Gasteiger charge is -2.20. The number of aryl methyl sites for hydroxylation is 1. The van der Waals surface area contributed by atoms with Gasteiger partial charge in [0.15, 0.2) is 0 Å². The van der Waals surface area contributed by atoms with Crippen molar-refractivity contribution in [2.24, 2.45) is 7.05 Å². The summed E-state index contributed by atoms with van der Waals surface area (Å²) < 4.78 is 2.19. The van der Waals surface area contributed by atoms with Crippen molar-refractivity contribution >= 4 is 0 Å². The molecule has 0 amide bonds. The summed E-state index contributed by atoms with van der Waals surface area (Å²) in [5.74, 6) is 1.92. The maximum absolute atomic E-state index is 4.53. The van der Waals surface area contributed by atoms with Gasteiger partial charge < -0.3 is 9.88 Å². The van der Waals surface area contributed by atoms with Gasteiger partial charge in [-0.25, -0.2) is 4.98 Å². The van der Waals surface area contributed by atoms with Gasteiger partial charge >= 0.3 is 0 Å². The molecule has 1 aromatic rings. The van der Waals surface area contributed by atoms with Crippen LogP contribution in [0.4, 0.5) is 0 Å². The van der Waals surface area contributed by atoms with Crippen LogP contribution in [0.15, 0.2) is 12.4 Å². The second kappa shape index (κ2) is 6.20. The molecule has 96 valence electrons. The first-order chi connectivity index (χ1) is 8.31. The summed E-state index contributed by atoms with van der Waals surface area (Å²) in [6.07, 6.45) is 11.8. The highest BCUT2D eigenvalue weighted by atomic mass is 15.0. The molecule has 0 spiro atoms. The van der Waals surface area contributed by atoms with Gasteiger partial charge in [-0.1, -0.05) is 19.8 Å². The molecule has 2 rings (SSSR count). The summed E-state index contributed by atoms with van der Waals surface area (Å²) in [7, 11) is 2.11. The molecule has 2 unspecified atom stereocenters. The minimum absolute atomic E-state index is 0.645. The molecular weight excluding hydrogens is 210 g/mol. The van der Waals surface area contributed by atoms with Crippen LogP contribution in [0.2, 0.25) is 0 Å². The summed E-state index contributed by atoms with van der Waals surface area (Å²) >= 11 is 0. The molecule has 1 aliphatic carbocycles. The Morgan fingerprint density at radius 1 is 1.41 bits per heavy atom. The number of hydrogen-bond acceptors (Lipinski definition) is 2. The first-order valence-electron chi connectivity index (χ1n) is 7.02. The fraction of sp³-hybridized carbons (Fsp3) is 0.786. The predicted octanol–water partition coefficient (Wildman–Crippen LogP) is 2.84. The van der Waals surface area contributed by atoms with Gasteiger partial charge in [-0.05, 0) is 32.2 Å². The van der Waals surface area contributed by atoms with Gasteiger partial charge in [-0.15, -0.1) is 0 Å². The van der Waals surface area contributed by atoms with E-state index in [1.54, 1.807) is 0 Å². The smallest absolute Gasteiger partial charge is 0.111 e. The Morgan fingerprint density at radius 3 is 2.94 bits per heavy atom. The minimum Gasteiger partial charge on any atom is -0.338 e. The van der Waals surface area contributed by atoms with E-state index in [1.807, 2.05) is 6.20 Å². The molecule has 17 heavy (non-hydrogen) atoms. The van der Waals surface area contributed by atoms with Crippen molar-refractivity contribution in [3.05, 3.63) is 18.2 Å². The van der Waals surface area contributed by atoms with Crippen LogP contribution >= 0.6 is 0 Å². The topological polar surface area (TPSA) is 29.9 Å². The SMILES string of the molecule is CCCNC1CCCCC(c2nccn2C)C1. The Hall–Kier alpha value is -0.830. The number of imidazole rings is 1. The normalized spacial score (nSPS) is 25.8. The lowest BCUT2D eigenvalue weighted by atomic mass is 9.97. The van der Waals surface area contributed by atoms with E-state index >= 15 is 0 Å². The van der Waals surface area contributed by atoms with Crippen molar-refractivity contribution in [2.75, 3.05) is 6.54 Å². The van der Waals surface area contributed by atoms with Gasteiger partial charge in [-0.2, -0.15) is 0 Å². The van der Waals surface area contributed by atoms with Gasteiger partial charge in [-0.3, -0.25) is 0 Å². The summed E-state index contributed by atoms with van der Waals surface area (Å²) in [5, 5.41) is 3.69. The molecule has 1 saturated carbocycles. The maximum atomic E-state index is 4.53. The molecule has 0 bridgehead atoms. The monoisotopic (exact) mass is 235 g/mol. The second-order valence-corrected chi connectivity index (χ2v) is 5.26. The van der Waals surface area contributed by atoms with Crippen LogP contribution < -0.4 is 5.32 Å². The van der Waals surface area contributed by atoms with E-state index in [-0.39, 0.29) is 0 Å². The fourth-order valence-electron chi connectivity index (χ4n) is 2.90. The molecule has 1 fully saturated rings. The van der Waals surface area contributed by atoms with Crippen LogP contribution in [0, 0.1) is 0 Å². The zero-order valence-electron chi connectivity index (χ0n) is 11.2. The third kappa shape index (κ3) is 3.32. The highest BCUT2D eigenvalue weighted by Gasteiger charge is 2.23. The van der Waals surface area contributed by atoms with E-state index in [9.17, 15) is 0 Å². The molecule has 0 aliphatic heterocycles. The average Bonchev–Trinajstić information content (AvgIpc) is 2.63. The van der Waals surface area contributed by atoms with Crippen LogP contribution in [-0.4, -0.2) is 22.1 Å². The van der Waals surface area contributed by atoms with Crippen LogP contribution in [0.25, 0.3) is 0 Å². The first-order valence-corrected chi connectivity index (χ1v) is 7.02. The molecule has 3 nitrogen and oxygen atoms in total. The fourth-order valence-corrected chi connectivity index (χ4v) is 2.90. The lowest BCUT2D eigenvalue weighted by Crippen LogP contribution is -2.30. The third-order valence-corrected chi connectivity index (χ3v) is 3.83. The van der Waals surface area contributed by atoms with Crippen molar-refractivity contribution in [1.82, 2.24) is 14.9 Å². The number of aromatic nitrogens is 2. The molecule has 1 aromatic heterocycles. The van der Waals surface area contributed by atoms with E-state index in [0.717, 1.165) is 6.54 Å². The van der Waals surface area contributed by atoms with Crippen molar-refractivity contribution in [1.29, 1.82) is 0 Å². The molecular formula is C14H25N3. The van der Waals surface area contributed by atoms with Gasteiger partial charge in [0, 0.05) is 31.4 Å². The number of rotatable bonds is 4. The van der Waals surface area contributed by atoms with E-state index in [2.05, 4.69) is 35.0 Å². The second-order valence-electron chi connectivity index (χ2n) is 5.26. The van der Waals surface area contributed by atoms with Crippen LogP contribution in [0.3, 0.4) is 0 Å². The van der Waals surface area contributed by atoms with Crippen molar-refractivity contribution in [3.63, 3.8) is 0 Å². The standard InChI is InChI=1S/C14H25N3/c1-3-8-15-13-7-5-4-6-12(11-13)14-16-9-10-17(14)2/h9-10,12-13,15H,3-8,11H2,1-2H3. The molecule has 1 heterocycles. The van der Waals surface area contributed by atoms with E-state index in [1.165, 1.54) is 44.3 Å². The molecule has 1 aliphatic rings. The molecule has 2 atom stereocenters. The quantitative estimate of drug-likeness (QED) is 0.813. The van der Waals surface area contributed by atoms with Crippen LogP contribution in [-0.2, 0) is 7.05 Å². The van der Waals surface area contributed by atoms with Crippen molar-refractivity contribution in [2.45, 2.75) is 57.4 Å². The Kier molecular flexibility index (Phi) is 4.60. The lowest BCUT2D eigenvalue weighted by molar-refractivity contribution is 0.428. The van der Waals surface area contributed by atoms with E-state index < -0.39 is 0 Å². The van der Waals surface area contributed by atoms with Crippen molar-refractivity contribution in [3.8, 4) is 0 Å². The molecule has 0 aromatic carbocycles. The minimum atomic E-state index is 0.645. The number of nitrogens with one attached hydrogen (secondary N) is 1. The van der Waals surface area contributed by atoms with E-state index in [0.29, 0.717) is 12.0 Å². The number of nitrogens with zero attached hydrogens (tertiary/aromatic N) is 2. The summed E-state index contributed by atoms with van der Waals surface area (Å²) in [4.78, 5) is 4.53. The third-order valence-electron chi connectivity index (χ3n) is 3.83. The Balaban J connectivity index is 1.99. The summed E-state index contributed by atoms with van der Waals surface area (Å²) in [5.41, 5.74) is 0. The van der Waals surface area contributed by atoms with E-state index in [4.69, 9.17) is 0 Å². The zero-order valence-corrected chi connectivity index (χ0v) is 11.2. The van der Waals surface area contributed by atoms with Gasteiger partial charge in [0.25, 0.3) is 0 Å². The highest BCUT2D eigenvalue weighted by molar-refractivity contribution is 5.02. The van der Waals surface area contributed by atoms with Crippen LogP contribution in [0.1, 0.15) is 57.2 Å². The highest BCUT2D eigenvalue weighted by Crippen LogP contribution is 2.30. The average molecular weight is 235 g/mol. The summed E-state index contributed by atoms with van der Waals surface area (Å²) in [6, 6.07) is 0.694. The van der Waals surface area contributed by atoms with Crippen molar-refractivity contribution < 1.29 is 0 Å². The van der Waals surface area contributed by atoms with Crippen LogP contribution in [0.5, 0.6) is 0 Å². The molecule has 1 N–H and O–H groups in total. The summed E-state index contributed by atoms with van der Waals surface area (Å²) in [6.45, 7) is 3.39. The Morgan fingerprint density at radius 2 is 2.24 bits per heavy atom. The molecule has 3 heteroatoms. The maximum Gasteiger partial charge on any atom is 0.111 e. The molecule has 0 saturated heterocycles. The largest absolute Gasteiger partial charge is 0.338 e. The number of hydrogen-bond donors (Lipinski definition) is 1. The Labute approximate surface area is 105 Å².